The fraction of sp³-hybridized carbons (Fsp3) is 0.514. The van der Waals surface area contributed by atoms with E-state index >= 15 is 0 Å². The van der Waals surface area contributed by atoms with Crippen molar-refractivity contribution in [3.8, 4) is 0 Å². The van der Waals surface area contributed by atoms with Gasteiger partial charge in [0, 0.05) is 17.4 Å². The molecule has 0 aliphatic heterocycles. The predicted molar refractivity (Wildman–Crippen MR) is 168 cm³/mol. The van der Waals surface area contributed by atoms with E-state index in [9.17, 15) is 0 Å². The lowest BCUT2D eigenvalue weighted by atomic mass is 9.75. The van der Waals surface area contributed by atoms with Gasteiger partial charge in [-0.05, 0) is 110 Å². The van der Waals surface area contributed by atoms with Crippen LogP contribution in [0.4, 0.5) is 5.69 Å². The first-order valence-electron chi connectivity index (χ1n) is 15.2. The van der Waals surface area contributed by atoms with Crippen molar-refractivity contribution in [2.75, 3.05) is 4.90 Å². The number of nitrogens with zero attached hydrogens (tertiary/aromatic N) is 1. The fourth-order valence-corrected chi connectivity index (χ4v) is 6.92. The van der Waals surface area contributed by atoms with Crippen LogP contribution >= 0.6 is 0 Å². The standard InChI is InChI=1S/C37H51N/c1-9-35(23-30-14-13-17-33(22-30)26(4)5)38(29(8)31-15-11-10-12-16-31)37-21-20-32-18-19-34(27(6)25(2)3)24-36(32)28(37)7/h13-14,17,20-22,25,31,34-35H,4,6,8-12,15-16,18-19,23-24H2,1-3,5,7H3/t34?,35-/m0/s1. The quantitative estimate of drug-likeness (QED) is 0.288. The summed E-state index contributed by atoms with van der Waals surface area (Å²) in [6.07, 6.45) is 12.2. The van der Waals surface area contributed by atoms with Crippen molar-refractivity contribution in [2.45, 2.75) is 105 Å². The Kier molecular flexibility index (Phi) is 9.40. The largest absolute Gasteiger partial charge is 0.342 e. The monoisotopic (exact) mass is 509 g/mol. The minimum atomic E-state index is 0.381. The maximum absolute atomic E-state index is 4.83. The van der Waals surface area contributed by atoms with Gasteiger partial charge in [0.15, 0.2) is 0 Å². The van der Waals surface area contributed by atoms with Crippen LogP contribution in [0.1, 0.15) is 100 Å². The van der Waals surface area contributed by atoms with Crippen LogP contribution in [0.25, 0.3) is 5.57 Å². The second-order valence-corrected chi connectivity index (χ2v) is 12.5. The number of anilines is 1. The molecule has 1 saturated carbocycles. The molecule has 2 aromatic rings. The molecule has 2 aliphatic carbocycles. The van der Waals surface area contributed by atoms with E-state index in [-0.39, 0.29) is 0 Å². The highest BCUT2D eigenvalue weighted by atomic mass is 15.2. The Morgan fingerprint density at radius 3 is 2.37 bits per heavy atom. The Bertz CT molecular complexity index is 1160. The summed E-state index contributed by atoms with van der Waals surface area (Å²) in [6, 6.07) is 14.2. The van der Waals surface area contributed by atoms with Gasteiger partial charge in [-0.15, -0.1) is 0 Å². The van der Waals surface area contributed by atoms with Gasteiger partial charge in [-0.25, -0.2) is 0 Å². The third-order valence-electron chi connectivity index (χ3n) is 9.52. The minimum absolute atomic E-state index is 0.381. The molecule has 2 aromatic carbocycles. The summed E-state index contributed by atoms with van der Waals surface area (Å²) in [5.74, 6) is 1.73. The van der Waals surface area contributed by atoms with Crippen LogP contribution in [0.15, 0.2) is 67.4 Å². The molecule has 204 valence electrons. The molecular formula is C37H51N. The minimum Gasteiger partial charge on any atom is -0.342 e. The van der Waals surface area contributed by atoms with Crippen molar-refractivity contribution in [2.24, 2.45) is 17.8 Å². The van der Waals surface area contributed by atoms with Gasteiger partial charge >= 0.3 is 0 Å². The van der Waals surface area contributed by atoms with Crippen LogP contribution in [0.5, 0.6) is 0 Å². The zero-order chi connectivity index (χ0) is 27.4. The van der Waals surface area contributed by atoms with Gasteiger partial charge in [-0.1, -0.05) is 101 Å². The van der Waals surface area contributed by atoms with Crippen LogP contribution in [0.2, 0.25) is 0 Å². The second-order valence-electron chi connectivity index (χ2n) is 12.5. The molecule has 1 nitrogen and oxygen atoms in total. The summed E-state index contributed by atoms with van der Waals surface area (Å²) in [4.78, 5) is 2.68. The molecule has 0 spiro atoms. The highest BCUT2D eigenvalue weighted by Crippen LogP contribution is 2.41. The summed E-state index contributed by atoms with van der Waals surface area (Å²) in [6.45, 7) is 25.0. The van der Waals surface area contributed by atoms with E-state index in [0.717, 1.165) is 24.8 Å². The lowest BCUT2D eigenvalue weighted by Crippen LogP contribution is -2.39. The number of aryl methyl sites for hydroxylation is 1. The van der Waals surface area contributed by atoms with E-state index in [4.69, 9.17) is 6.58 Å². The van der Waals surface area contributed by atoms with Crippen LogP contribution in [-0.2, 0) is 19.3 Å². The molecule has 2 atom stereocenters. The number of benzene rings is 2. The molecule has 1 heteroatoms. The van der Waals surface area contributed by atoms with Gasteiger partial charge in [-0.2, -0.15) is 0 Å². The molecular weight excluding hydrogens is 458 g/mol. The average Bonchev–Trinajstić information content (AvgIpc) is 2.93. The average molecular weight is 510 g/mol. The van der Waals surface area contributed by atoms with Gasteiger partial charge in [0.05, 0.1) is 0 Å². The van der Waals surface area contributed by atoms with Crippen LogP contribution in [0, 0.1) is 24.7 Å². The normalized spacial score (nSPS) is 18.6. The zero-order valence-electron chi connectivity index (χ0n) is 24.9. The number of allylic oxidation sites excluding steroid dienone is 3. The fourth-order valence-electron chi connectivity index (χ4n) is 6.92. The molecule has 4 rings (SSSR count). The van der Waals surface area contributed by atoms with Crippen molar-refractivity contribution >= 4 is 11.3 Å². The number of hydrogen-bond acceptors (Lipinski definition) is 1. The Morgan fingerprint density at radius 2 is 1.71 bits per heavy atom. The Morgan fingerprint density at radius 1 is 0.974 bits per heavy atom. The van der Waals surface area contributed by atoms with E-state index < -0.39 is 0 Å². The van der Waals surface area contributed by atoms with Gasteiger partial charge in [0.1, 0.15) is 0 Å². The molecule has 0 bridgehead atoms. The zero-order valence-corrected chi connectivity index (χ0v) is 24.9. The molecule has 0 heterocycles. The van der Waals surface area contributed by atoms with Gasteiger partial charge in [-0.3, -0.25) is 0 Å². The van der Waals surface area contributed by atoms with Crippen LogP contribution < -0.4 is 4.90 Å². The molecule has 1 fully saturated rings. The lowest BCUT2D eigenvalue weighted by Gasteiger charge is -2.41. The van der Waals surface area contributed by atoms with Crippen molar-refractivity contribution < 1.29 is 0 Å². The molecule has 0 saturated heterocycles. The predicted octanol–water partition coefficient (Wildman–Crippen LogP) is 10.3. The first-order chi connectivity index (χ1) is 18.2. The van der Waals surface area contributed by atoms with Gasteiger partial charge in [0.25, 0.3) is 0 Å². The van der Waals surface area contributed by atoms with Gasteiger partial charge in [0.2, 0.25) is 0 Å². The molecule has 0 amide bonds. The SMILES string of the molecule is C=C(C)c1cccc(C[C@H](CC)N(C(=C)C2CCCCC2)c2ccc3c(c2C)CC(C(=C)C(C)C)CC3)c1. The van der Waals surface area contributed by atoms with E-state index in [0.29, 0.717) is 23.8 Å². The molecule has 0 aromatic heterocycles. The van der Waals surface area contributed by atoms with Crippen molar-refractivity contribution in [1.82, 2.24) is 0 Å². The Hall–Kier alpha value is -2.54. The van der Waals surface area contributed by atoms with E-state index in [2.05, 4.69) is 89.1 Å². The molecule has 38 heavy (non-hydrogen) atoms. The molecule has 1 unspecified atom stereocenters. The molecule has 0 N–H and O–H groups in total. The lowest BCUT2D eigenvalue weighted by molar-refractivity contribution is 0.388. The summed E-state index contributed by atoms with van der Waals surface area (Å²) < 4.78 is 0. The van der Waals surface area contributed by atoms with E-state index in [1.807, 2.05) is 0 Å². The Balaban J connectivity index is 1.73. The Labute approximate surface area is 233 Å². The maximum Gasteiger partial charge on any atom is 0.0443 e. The summed E-state index contributed by atoms with van der Waals surface area (Å²) in [7, 11) is 0. The number of fused-ring (bicyclic) bond motifs is 1. The third kappa shape index (κ3) is 6.19. The van der Waals surface area contributed by atoms with Gasteiger partial charge < -0.3 is 4.90 Å². The summed E-state index contributed by atoms with van der Waals surface area (Å²) >= 11 is 0. The van der Waals surface area contributed by atoms with Crippen molar-refractivity contribution in [1.29, 1.82) is 0 Å². The molecule has 2 aliphatic rings. The van der Waals surface area contributed by atoms with E-state index in [1.54, 1.807) is 11.1 Å². The topological polar surface area (TPSA) is 3.24 Å². The van der Waals surface area contributed by atoms with Crippen molar-refractivity contribution in [3.05, 3.63) is 95.2 Å². The van der Waals surface area contributed by atoms with E-state index in [1.165, 1.54) is 78.6 Å². The first kappa shape index (κ1) is 28.5. The maximum atomic E-state index is 4.83. The molecule has 0 radical (unpaired) electrons. The number of hydrogen-bond donors (Lipinski definition) is 0. The summed E-state index contributed by atoms with van der Waals surface area (Å²) in [5, 5.41) is 0. The highest BCUT2D eigenvalue weighted by molar-refractivity contribution is 5.64. The van der Waals surface area contributed by atoms with Crippen LogP contribution in [0.3, 0.4) is 0 Å². The smallest absolute Gasteiger partial charge is 0.0443 e. The summed E-state index contributed by atoms with van der Waals surface area (Å²) in [5.41, 5.74) is 12.5. The van der Waals surface area contributed by atoms with Crippen LogP contribution in [-0.4, -0.2) is 6.04 Å². The third-order valence-corrected chi connectivity index (χ3v) is 9.52. The van der Waals surface area contributed by atoms with Crippen molar-refractivity contribution in [3.63, 3.8) is 0 Å². The highest BCUT2D eigenvalue weighted by Gasteiger charge is 2.30. The first-order valence-corrected chi connectivity index (χ1v) is 15.2. The number of rotatable bonds is 10. The second kappa shape index (κ2) is 12.5.